The Morgan fingerprint density at radius 3 is 2.44 bits per heavy atom. The van der Waals surface area contributed by atoms with Gasteiger partial charge < -0.3 is 14.6 Å². The quantitative estimate of drug-likeness (QED) is 0.661. The summed E-state index contributed by atoms with van der Waals surface area (Å²) in [5.41, 5.74) is 0. The third kappa shape index (κ3) is 3.17. The van der Waals surface area contributed by atoms with Gasteiger partial charge in [0.2, 0.25) is 0 Å². The second-order valence-electron chi connectivity index (χ2n) is 4.36. The molecule has 1 saturated heterocycles. The fourth-order valence-electron chi connectivity index (χ4n) is 1.96. The molecule has 0 amide bonds. The third-order valence-corrected chi connectivity index (χ3v) is 3.27. The Morgan fingerprint density at radius 1 is 1.44 bits per heavy atom. The van der Waals surface area contributed by atoms with Crippen LogP contribution in [0.2, 0.25) is 0 Å². The Hall–Kier alpha value is -0.650. The standard InChI is InChI=1S/C11H21NO4/c1-9(5-4-6-10(13)14)12-7-11(8-12,15-2)16-3/h9H,4-8H2,1-3H3,(H,13,14). The van der Waals surface area contributed by atoms with Crippen LogP contribution in [0.5, 0.6) is 0 Å². The normalized spacial score (nSPS) is 21.4. The number of methoxy groups -OCH3 is 2. The summed E-state index contributed by atoms with van der Waals surface area (Å²) in [7, 11) is 3.30. The number of hydrogen-bond donors (Lipinski definition) is 1. The van der Waals surface area contributed by atoms with Crippen molar-refractivity contribution in [3.05, 3.63) is 0 Å². The maximum atomic E-state index is 10.4. The predicted molar refractivity (Wildman–Crippen MR) is 59.3 cm³/mol. The summed E-state index contributed by atoms with van der Waals surface area (Å²) in [5, 5.41) is 8.54. The lowest BCUT2D eigenvalue weighted by Crippen LogP contribution is -2.65. The molecular weight excluding hydrogens is 210 g/mol. The minimum absolute atomic E-state index is 0.248. The SMILES string of the molecule is COC1(OC)CN(C(C)CCCC(=O)O)C1. The topological polar surface area (TPSA) is 59.0 Å². The van der Waals surface area contributed by atoms with Crippen LogP contribution in [-0.4, -0.2) is 55.1 Å². The largest absolute Gasteiger partial charge is 0.481 e. The molecule has 5 nitrogen and oxygen atoms in total. The Bertz CT molecular complexity index is 232. The summed E-state index contributed by atoms with van der Waals surface area (Å²) in [6.07, 6.45) is 1.87. The maximum Gasteiger partial charge on any atom is 0.303 e. The first-order valence-corrected chi connectivity index (χ1v) is 5.59. The zero-order valence-corrected chi connectivity index (χ0v) is 10.2. The van der Waals surface area contributed by atoms with Gasteiger partial charge in [0.1, 0.15) is 0 Å². The summed E-state index contributed by atoms with van der Waals surface area (Å²) < 4.78 is 10.6. The molecule has 5 heteroatoms. The van der Waals surface area contributed by atoms with Crippen molar-refractivity contribution in [3.8, 4) is 0 Å². The molecule has 0 aromatic carbocycles. The average Bonchev–Trinajstić information content (AvgIpc) is 2.17. The molecule has 0 saturated carbocycles. The molecule has 0 aromatic heterocycles. The minimum Gasteiger partial charge on any atom is -0.481 e. The lowest BCUT2D eigenvalue weighted by atomic mass is 10.0. The Labute approximate surface area is 96.3 Å². The number of carboxylic acids is 1. The minimum atomic E-state index is -0.723. The summed E-state index contributed by atoms with van der Waals surface area (Å²) in [6.45, 7) is 3.62. The van der Waals surface area contributed by atoms with Crippen molar-refractivity contribution >= 4 is 5.97 Å². The molecule has 1 aliphatic heterocycles. The van der Waals surface area contributed by atoms with Gasteiger partial charge in [-0.3, -0.25) is 9.69 Å². The summed E-state index contributed by atoms with van der Waals surface area (Å²) in [4.78, 5) is 12.6. The van der Waals surface area contributed by atoms with Crippen LogP contribution >= 0.6 is 0 Å². The number of aliphatic carboxylic acids is 1. The van der Waals surface area contributed by atoms with Crippen molar-refractivity contribution in [2.45, 2.75) is 38.0 Å². The molecule has 1 N–H and O–H groups in total. The second-order valence-corrected chi connectivity index (χ2v) is 4.36. The first kappa shape index (κ1) is 13.4. The summed E-state index contributed by atoms with van der Waals surface area (Å²) in [5.74, 6) is -1.17. The van der Waals surface area contributed by atoms with Crippen LogP contribution in [-0.2, 0) is 14.3 Å². The molecule has 0 radical (unpaired) electrons. The van der Waals surface area contributed by atoms with Gasteiger partial charge in [0.15, 0.2) is 5.79 Å². The molecule has 0 aliphatic carbocycles. The maximum absolute atomic E-state index is 10.4. The van der Waals surface area contributed by atoms with Gasteiger partial charge >= 0.3 is 5.97 Å². The van der Waals surface area contributed by atoms with Crippen molar-refractivity contribution in [1.29, 1.82) is 0 Å². The first-order chi connectivity index (χ1) is 7.53. The van der Waals surface area contributed by atoms with E-state index in [1.807, 2.05) is 0 Å². The van der Waals surface area contributed by atoms with Gasteiger partial charge in [-0.25, -0.2) is 0 Å². The van der Waals surface area contributed by atoms with E-state index in [1.165, 1.54) is 0 Å². The number of carbonyl (C=O) groups is 1. The van der Waals surface area contributed by atoms with Crippen molar-refractivity contribution in [2.24, 2.45) is 0 Å². The summed E-state index contributed by atoms with van der Waals surface area (Å²) in [6, 6.07) is 0.387. The lowest BCUT2D eigenvalue weighted by Gasteiger charge is -2.50. The fraction of sp³-hybridized carbons (Fsp3) is 0.909. The van der Waals surface area contributed by atoms with Crippen molar-refractivity contribution in [1.82, 2.24) is 4.90 Å². The molecular formula is C11H21NO4. The molecule has 1 fully saturated rings. The van der Waals surface area contributed by atoms with Crippen LogP contribution in [0.3, 0.4) is 0 Å². The molecule has 16 heavy (non-hydrogen) atoms. The van der Waals surface area contributed by atoms with Crippen LogP contribution in [0.25, 0.3) is 0 Å². The van der Waals surface area contributed by atoms with E-state index in [-0.39, 0.29) is 6.42 Å². The monoisotopic (exact) mass is 231 g/mol. The molecule has 0 bridgehead atoms. The predicted octanol–water partition coefficient (Wildman–Crippen LogP) is 0.934. The smallest absolute Gasteiger partial charge is 0.303 e. The van der Waals surface area contributed by atoms with E-state index in [9.17, 15) is 4.79 Å². The van der Waals surface area contributed by atoms with Crippen molar-refractivity contribution in [3.63, 3.8) is 0 Å². The number of ether oxygens (including phenoxy) is 2. The molecule has 0 aromatic rings. The highest BCUT2D eigenvalue weighted by Gasteiger charge is 2.45. The van der Waals surface area contributed by atoms with E-state index in [0.29, 0.717) is 6.04 Å². The van der Waals surface area contributed by atoms with Crippen LogP contribution in [0.15, 0.2) is 0 Å². The van der Waals surface area contributed by atoms with Gasteiger partial charge in [-0.15, -0.1) is 0 Å². The van der Waals surface area contributed by atoms with E-state index >= 15 is 0 Å². The number of nitrogens with zero attached hydrogens (tertiary/aromatic N) is 1. The van der Waals surface area contributed by atoms with E-state index in [1.54, 1.807) is 14.2 Å². The number of hydrogen-bond acceptors (Lipinski definition) is 4. The second kappa shape index (κ2) is 5.61. The lowest BCUT2D eigenvalue weighted by molar-refractivity contribution is -0.281. The molecule has 1 heterocycles. The van der Waals surface area contributed by atoms with Gasteiger partial charge in [-0.1, -0.05) is 0 Å². The molecule has 1 atom stereocenters. The number of carboxylic acid groups (broad SMARTS) is 1. The zero-order chi connectivity index (χ0) is 12.2. The zero-order valence-electron chi connectivity index (χ0n) is 10.2. The van der Waals surface area contributed by atoms with Crippen molar-refractivity contribution < 1.29 is 19.4 Å². The fourth-order valence-corrected chi connectivity index (χ4v) is 1.96. The third-order valence-electron chi connectivity index (χ3n) is 3.27. The van der Waals surface area contributed by atoms with Crippen LogP contribution in [0, 0.1) is 0 Å². The van der Waals surface area contributed by atoms with Gasteiger partial charge in [-0.05, 0) is 19.8 Å². The van der Waals surface area contributed by atoms with Gasteiger partial charge in [0.25, 0.3) is 0 Å². The summed E-state index contributed by atoms with van der Waals surface area (Å²) >= 11 is 0. The Balaban J connectivity index is 2.21. The van der Waals surface area contributed by atoms with Gasteiger partial charge in [0, 0.05) is 26.7 Å². The molecule has 94 valence electrons. The highest BCUT2D eigenvalue weighted by atomic mass is 16.7. The molecule has 1 unspecified atom stereocenters. The van der Waals surface area contributed by atoms with E-state index in [2.05, 4.69) is 11.8 Å². The van der Waals surface area contributed by atoms with E-state index in [4.69, 9.17) is 14.6 Å². The Kier molecular flexibility index (Phi) is 4.70. The average molecular weight is 231 g/mol. The molecule has 1 aliphatic rings. The highest BCUT2D eigenvalue weighted by Crippen LogP contribution is 2.28. The van der Waals surface area contributed by atoms with Crippen LogP contribution in [0.4, 0.5) is 0 Å². The van der Waals surface area contributed by atoms with E-state index < -0.39 is 11.8 Å². The molecule has 1 rings (SSSR count). The van der Waals surface area contributed by atoms with E-state index in [0.717, 1.165) is 25.9 Å². The van der Waals surface area contributed by atoms with Gasteiger partial charge in [0.05, 0.1) is 13.1 Å². The Morgan fingerprint density at radius 2 is 2.00 bits per heavy atom. The molecule has 0 spiro atoms. The van der Waals surface area contributed by atoms with Gasteiger partial charge in [-0.2, -0.15) is 0 Å². The number of rotatable bonds is 7. The van der Waals surface area contributed by atoms with Crippen LogP contribution in [0.1, 0.15) is 26.2 Å². The highest BCUT2D eigenvalue weighted by molar-refractivity contribution is 5.66. The number of likely N-dealkylation sites (tertiary alicyclic amines) is 1. The first-order valence-electron chi connectivity index (χ1n) is 5.59. The van der Waals surface area contributed by atoms with Crippen molar-refractivity contribution in [2.75, 3.05) is 27.3 Å². The van der Waals surface area contributed by atoms with Crippen LogP contribution < -0.4 is 0 Å².